The van der Waals surface area contributed by atoms with Crippen LogP contribution in [0.25, 0.3) is 10.9 Å². The van der Waals surface area contributed by atoms with Crippen LogP contribution in [0.5, 0.6) is 11.5 Å². The van der Waals surface area contributed by atoms with Crippen molar-refractivity contribution >= 4 is 22.8 Å². The van der Waals surface area contributed by atoms with Gasteiger partial charge in [0.25, 0.3) is 5.56 Å². The van der Waals surface area contributed by atoms with Crippen LogP contribution in [-0.4, -0.2) is 53.8 Å². The molecule has 1 aromatic heterocycles. The number of carbonyl (C=O) groups is 2. The van der Waals surface area contributed by atoms with E-state index < -0.39 is 23.1 Å². The van der Waals surface area contributed by atoms with Crippen LogP contribution < -0.4 is 20.7 Å². The average molecular weight is 469 g/mol. The van der Waals surface area contributed by atoms with Gasteiger partial charge in [-0.2, -0.15) is 0 Å². The number of para-hydroxylation sites is 1. The highest BCUT2D eigenvalue weighted by atomic mass is 16.5. The fraction of sp³-hybridized carbons (Fsp3) is 0.333. The lowest BCUT2D eigenvalue weighted by molar-refractivity contribution is -0.147. The van der Waals surface area contributed by atoms with Crippen LogP contribution in [0.4, 0.5) is 0 Å². The second-order valence-corrected chi connectivity index (χ2v) is 7.48. The quantitative estimate of drug-likeness (QED) is 0.436. The lowest BCUT2D eigenvalue weighted by Crippen LogP contribution is -2.44. The number of methoxy groups -OCH3 is 3. The van der Waals surface area contributed by atoms with Gasteiger partial charge in [0.15, 0.2) is 0 Å². The van der Waals surface area contributed by atoms with E-state index in [0.717, 1.165) is 4.57 Å². The Bertz CT molecular complexity index is 1300. The number of benzene rings is 2. The van der Waals surface area contributed by atoms with E-state index in [0.29, 0.717) is 28.0 Å². The van der Waals surface area contributed by atoms with E-state index in [-0.39, 0.29) is 26.2 Å². The number of esters is 1. The minimum atomic E-state index is -0.612. The van der Waals surface area contributed by atoms with Crippen molar-refractivity contribution in [2.45, 2.75) is 26.6 Å². The van der Waals surface area contributed by atoms with Gasteiger partial charge in [0.1, 0.15) is 24.6 Å². The van der Waals surface area contributed by atoms with E-state index >= 15 is 0 Å². The molecule has 1 amide bonds. The van der Waals surface area contributed by atoms with E-state index in [1.165, 1.54) is 30.8 Å². The first-order valence-corrected chi connectivity index (χ1v) is 10.6. The Labute approximate surface area is 195 Å². The molecule has 34 heavy (non-hydrogen) atoms. The van der Waals surface area contributed by atoms with Crippen molar-refractivity contribution in [1.82, 2.24) is 14.0 Å². The molecule has 0 aliphatic rings. The van der Waals surface area contributed by atoms with Gasteiger partial charge >= 0.3 is 11.7 Å². The smallest absolute Gasteiger partial charge is 0.331 e. The largest absolute Gasteiger partial charge is 0.497 e. The Morgan fingerprint density at radius 1 is 0.941 bits per heavy atom. The first-order valence-electron chi connectivity index (χ1n) is 10.6. The zero-order valence-electron chi connectivity index (χ0n) is 19.6. The molecule has 0 spiro atoms. The lowest BCUT2D eigenvalue weighted by atomic mass is 10.1. The number of hydrogen-bond donors (Lipinski definition) is 0. The van der Waals surface area contributed by atoms with E-state index in [4.69, 9.17) is 14.2 Å². The maximum Gasteiger partial charge on any atom is 0.331 e. The molecule has 2 aromatic carbocycles. The maximum absolute atomic E-state index is 13.4. The third-order valence-electron chi connectivity index (χ3n) is 5.43. The molecule has 0 saturated carbocycles. The van der Waals surface area contributed by atoms with Crippen molar-refractivity contribution in [3.8, 4) is 11.5 Å². The standard InChI is InChI=1S/C24H27N3O7/c1-5-26-23(30)19-8-6-7-9-20(19)27(24(26)31)14-21(28)25(15-22(29)34-4)13-16-10-17(32-2)12-18(11-16)33-3/h6-12H,5,13-15H2,1-4H3. The number of aromatic nitrogens is 2. The van der Waals surface area contributed by atoms with Crippen LogP contribution in [0.1, 0.15) is 12.5 Å². The van der Waals surface area contributed by atoms with Crippen molar-refractivity contribution < 1.29 is 23.8 Å². The first-order chi connectivity index (χ1) is 16.3. The topological polar surface area (TPSA) is 109 Å². The van der Waals surface area contributed by atoms with Gasteiger partial charge in [-0.25, -0.2) is 4.79 Å². The Morgan fingerprint density at radius 3 is 2.18 bits per heavy atom. The van der Waals surface area contributed by atoms with Gasteiger partial charge in [-0.15, -0.1) is 0 Å². The fourth-order valence-corrected chi connectivity index (χ4v) is 3.67. The van der Waals surface area contributed by atoms with Crippen molar-refractivity contribution in [3.05, 3.63) is 68.9 Å². The van der Waals surface area contributed by atoms with Crippen LogP contribution in [0.15, 0.2) is 52.1 Å². The van der Waals surface area contributed by atoms with Crippen LogP contribution in [-0.2, 0) is 34.0 Å². The monoisotopic (exact) mass is 469 g/mol. The summed E-state index contributed by atoms with van der Waals surface area (Å²) in [4.78, 5) is 52.4. The van der Waals surface area contributed by atoms with E-state index in [1.807, 2.05) is 0 Å². The number of nitrogens with zero attached hydrogens (tertiary/aromatic N) is 3. The number of carbonyl (C=O) groups excluding carboxylic acids is 2. The highest BCUT2D eigenvalue weighted by Crippen LogP contribution is 2.23. The molecule has 3 rings (SSSR count). The number of amides is 1. The van der Waals surface area contributed by atoms with Crippen molar-refractivity contribution in [1.29, 1.82) is 0 Å². The molecule has 180 valence electrons. The van der Waals surface area contributed by atoms with Crippen LogP contribution in [0, 0.1) is 0 Å². The molecule has 0 radical (unpaired) electrons. The van der Waals surface area contributed by atoms with Gasteiger partial charge in [0, 0.05) is 19.2 Å². The molecule has 0 aliphatic carbocycles. The molecule has 10 heteroatoms. The molecule has 1 heterocycles. The summed E-state index contributed by atoms with van der Waals surface area (Å²) in [5, 5.41) is 0.328. The number of ether oxygens (including phenoxy) is 3. The molecule has 0 N–H and O–H groups in total. The third-order valence-corrected chi connectivity index (χ3v) is 5.43. The summed E-state index contributed by atoms with van der Waals surface area (Å²) < 4.78 is 17.7. The number of hydrogen-bond acceptors (Lipinski definition) is 7. The number of rotatable bonds is 9. The molecule has 3 aromatic rings. The third kappa shape index (κ3) is 5.11. The lowest BCUT2D eigenvalue weighted by Gasteiger charge is -2.23. The molecule has 0 unspecified atom stereocenters. The van der Waals surface area contributed by atoms with Crippen molar-refractivity contribution in [2.75, 3.05) is 27.9 Å². The fourth-order valence-electron chi connectivity index (χ4n) is 3.67. The van der Waals surface area contributed by atoms with Crippen LogP contribution in [0.3, 0.4) is 0 Å². The van der Waals surface area contributed by atoms with Gasteiger partial charge in [0.05, 0.1) is 32.2 Å². The Morgan fingerprint density at radius 2 is 1.59 bits per heavy atom. The van der Waals surface area contributed by atoms with E-state index in [2.05, 4.69) is 0 Å². The highest BCUT2D eigenvalue weighted by molar-refractivity contribution is 5.84. The maximum atomic E-state index is 13.4. The molecule has 0 saturated heterocycles. The molecule has 0 atom stereocenters. The predicted molar refractivity (Wildman–Crippen MR) is 125 cm³/mol. The average Bonchev–Trinajstić information content (AvgIpc) is 2.85. The predicted octanol–water partition coefficient (Wildman–Crippen LogP) is 1.40. The van der Waals surface area contributed by atoms with Crippen molar-refractivity contribution in [2.24, 2.45) is 0 Å². The van der Waals surface area contributed by atoms with Crippen LogP contribution >= 0.6 is 0 Å². The molecular formula is C24H27N3O7. The number of fused-ring (bicyclic) bond motifs is 1. The molecule has 10 nitrogen and oxygen atoms in total. The SMILES string of the molecule is CCn1c(=O)c2ccccc2n(CC(=O)N(CC(=O)OC)Cc2cc(OC)cc(OC)c2)c1=O. The molecule has 0 bridgehead atoms. The van der Waals surface area contributed by atoms with E-state index in [1.54, 1.807) is 49.4 Å². The van der Waals surface area contributed by atoms with Gasteiger partial charge in [-0.1, -0.05) is 12.1 Å². The summed E-state index contributed by atoms with van der Waals surface area (Å²) in [6.07, 6.45) is 0. The Kier molecular flexibility index (Phi) is 7.72. The molecular weight excluding hydrogens is 442 g/mol. The zero-order valence-corrected chi connectivity index (χ0v) is 19.6. The van der Waals surface area contributed by atoms with Gasteiger partial charge in [0.2, 0.25) is 5.91 Å². The second kappa shape index (κ2) is 10.7. The molecule has 0 aliphatic heterocycles. The highest BCUT2D eigenvalue weighted by Gasteiger charge is 2.22. The summed E-state index contributed by atoms with van der Waals surface area (Å²) >= 11 is 0. The summed E-state index contributed by atoms with van der Waals surface area (Å²) in [6.45, 7) is 1.20. The Hall–Kier alpha value is -4.08. The summed E-state index contributed by atoms with van der Waals surface area (Å²) in [5.74, 6) is -0.0613. The van der Waals surface area contributed by atoms with E-state index in [9.17, 15) is 19.2 Å². The van der Waals surface area contributed by atoms with Gasteiger partial charge in [-0.3, -0.25) is 23.5 Å². The first kappa shape index (κ1) is 24.6. The second-order valence-electron chi connectivity index (χ2n) is 7.48. The minimum absolute atomic E-state index is 0.0432. The minimum Gasteiger partial charge on any atom is -0.497 e. The normalized spacial score (nSPS) is 10.7. The molecule has 0 fully saturated rings. The summed E-state index contributed by atoms with van der Waals surface area (Å²) in [6, 6.07) is 11.7. The zero-order chi connectivity index (χ0) is 24.8. The van der Waals surface area contributed by atoms with Gasteiger partial charge < -0.3 is 19.1 Å². The van der Waals surface area contributed by atoms with Crippen molar-refractivity contribution in [3.63, 3.8) is 0 Å². The Balaban J connectivity index is 2.02. The van der Waals surface area contributed by atoms with Crippen LogP contribution in [0.2, 0.25) is 0 Å². The summed E-state index contributed by atoms with van der Waals surface area (Å²) in [5.41, 5.74) is -0.0110. The summed E-state index contributed by atoms with van der Waals surface area (Å²) in [7, 11) is 4.25. The van der Waals surface area contributed by atoms with Gasteiger partial charge in [-0.05, 0) is 36.8 Å².